The van der Waals surface area contributed by atoms with Crippen LogP contribution in [0.1, 0.15) is 26.2 Å². The van der Waals surface area contributed by atoms with Gasteiger partial charge in [0.15, 0.2) is 0 Å². The minimum atomic E-state index is 0. The minimum Gasteiger partial charge on any atom is -0.355 e. The molecule has 2 N–H and O–H groups in total. The van der Waals surface area contributed by atoms with Crippen molar-refractivity contribution in [3.05, 3.63) is 0 Å². The van der Waals surface area contributed by atoms with Gasteiger partial charge < -0.3 is 10.6 Å². The summed E-state index contributed by atoms with van der Waals surface area (Å²) >= 11 is 0. The third kappa shape index (κ3) is 3.83. The lowest BCUT2D eigenvalue weighted by Crippen LogP contribution is -2.38. The molecule has 2 aliphatic rings. The average Bonchev–Trinajstić information content (AvgIpc) is 2.87. The molecule has 1 atom stereocenters. The molecule has 1 amide bonds. The maximum atomic E-state index is 11.6. The van der Waals surface area contributed by atoms with Crippen molar-refractivity contribution in [3.63, 3.8) is 0 Å². The van der Waals surface area contributed by atoms with E-state index in [1.165, 1.54) is 12.8 Å². The van der Waals surface area contributed by atoms with Crippen LogP contribution in [0.4, 0.5) is 0 Å². The summed E-state index contributed by atoms with van der Waals surface area (Å²) in [7, 11) is 0. The van der Waals surface area contributed by atoms with Crippen LogP contribution in [0.5, 0.6) is 0 Å². The summed E-state index contributed by atoms with van der Waals surface area (Å²) in [5, 5.41) is 6.38. The van der Waals surface area contributed by atoms with Gasteiger partial charge in [0.2, 0.25) is 5.91 Å². The number of carbonyl (C=O) groups is 1. The van der Waals surface area contributed by atoms with E-state index in [-0.39, 0.29) is 18.3 Å². The van der Waals surface area contributed by atoms with Crippen molar-refractivity contribution in [1.29, 1.82) is 0 Å². The first-order chi connectivity index (χ1) is 7.74. The molecule has 0 bridgehead atoms. The van der Waals surface area contributed by atoms with E-state index in [1.54, 1.807) is 0 Å². The standard InChI is InChI=1S/C12H23N3O.ClH/c1-2-5-14-11(16)8-15-7-4-12(10-15)3-6-13-9-12;/h13H,2-10H2,1H3,(H,14,16);1H. The van der Waals surface area contributed by atoms with Crippen molar-refractivity contribution in [3.8, 4) is 0 Å². The predicted octanol–water partition coefficient (Wildman–Crippen LogP) is 0.620. The first-order valence-corrected chi connectivity index (χ1v) is 6.44. The molecular formula is C12H24ClN3O. The summed E-state index contributed by atoms with van der Waals surface area (Å²) in [4.78, 5) is 13.9. The van der Waals surface area contributed by atoms with Gasteiger partial charge in [-0.05, 0) is 37.8 Å². The molecule has 2 rings (SSSR count). The van der Waals surface area contributed by atoms with Gasteiger partial charge in [-0.2, -0.15) is 0 Å². The van der Waals surface area contributed by atoms with Crippen LogP contribution in [0, 0.1) is 5.41 Å². The Morgan fingerprint density at radius 3 is 2.94 bits per heavy atom. The Balaban J connectivity index is 0.00000144. The van der Waals surface area contributed by atoms with Gasteiger partial charge in [-0.25, -0.2) is 0 Å². The number of hydrogen-bond acceptors (Lipinski definition) is 3. The lowest BCUT2D eigenvalue weighted by Gasteiger charge is -2.22. The van der Waals surface area contributed by atoms with Gasteiger partial charge in [-0.15, -0.1) is 12.4 Å². The maximum Gasteiger partial charge on any atom is 0.234 e. The molecule has 2 aliphatic heterocycles. The lowest BCUT2D eigenvalue weighted by molar-refractivity contribution is -0.122. The van der Waals surface area contributed by atoms with E-state index in [4.69, 9.17) is 0 Å². The number of amides is 1. The quantitative estimate of drug-likeness (QED) is 0.780. The highest BCUT2D eigenvalue weighted by atomic mass is 35.5. The number of nitrogens with one attached hydrogen (secondary N) is 2. The number of hydrogen-bond donors (Lipinski definition) is 2. The average molecular weight is 262 g/mol. The van der Waals surface area contributed by atoms with E-state index in [9.17, 15) is 4.79 Å². The van der Waals surface area contributed by atoms with Gasteiger partial charge in [0.25, 0.3) is 0 Å². The molecule has 1 unspecified atom stereocenters. The summed E-state index contributed by atoms with van der Waals surface area (Å²) < 4.78 is 0. The number of halogens is 1. The summed E-state index contributed by atoms with van der Waals surface area (Å²) in [5.74, 6) is 0.185. The molecule has 0 aromatic rings. The van der Waals surface area contributed by atoms with Crippen molar-refractivity contribution < 1.29 is 4.79 Å². The topological polar surface area (TPSA) is 44.4 Å². The Morgan fingerprint density at radius 2 is 2.29 bits per heavy atom. The van der Waals surface area contributed by atoms with Crippen molar-refractivity contribution in [2.45, 2.75) is 26.2 Å². The molecule has 5 heteroatoms. The van der Waals surface area contributed by atoms with Crippen LogP contribution in [0.2, 0.25) is 0 Å². The highest BCUT2D eigenvalue weighted by Gasteiger charge is 2.40. The third-order valence-corrected chi connectivity index (χ3v) is 3.79. The van der Waals surface area contributed by atoms with E-state index in [1.807, 2.05) is 0 Å². The molecule has 100 valence electrons. The van der Waals surface area contributed by atoms with Gasteiger partial charge in [-0.1, -0.05) is 6.92 Å². The fourth-order valence-electron chi connectivity index (χ4n) is 2.83. The molecule has 4 nitrogen and oxygen atoms in total. The zero-order valence-electron chi connectivity index (χ0n) is 10.6. The van der Waals surface area contributed by atoms with Crippen molar-refractivity contribution >= 4 is 18.3 Å². The number of rotatable bonds is 4. The van der Waals surface area contributed by atoms with E-state index in [0.717, 1.165) is 39.1 Å². The molecule has 0 saturated carbocycles. The molecule has 0 radical (unpaired) electrons. The number of carbonyl (C=O) groups excluding carboxylic acids is 1. The van der Waals surface area contributed by atoms with Crippen LogP contribution in [-0.4, -0.2) is 50.1 Å². The highest BCUT2D eigenvalue weighted by molar-refractivity contribution is 5.85. The molecule has 2 saturated heterocycles. The van der Waals surface area contributed by atoms with Crippen LogP contribution >= 0.6 is 12.4 Å². The smallest absolute Gasteiger partial charge is 0.234 e. The van der Waals surface area contributed by atoms with Gasteiger partial charge in [0.05, 0.1) is 6.54 Å². The summed E-state index contributed by atoms with van der Waals surface area (Å²) in [6.45, 7) is 7.94. The van der Waals surface area contributed by atoms with Crippen molar-refractivity contribution in [1.82, 2.24) is 15.5 Å². The van der Waals surface area contributed by atoms with Gasteiger partial charge >= 0.3 is 0 Å². The molecular weight excluding hydrogens is 238 g/mol. The van der Waals surface area contributed by atoms with Crippen LogP contribution in [-0.2, 0) is 4.79 Å². The van der Waals surface area contributed by atoms with Crippen LogP contribution in [0.3, 0.4) is 0 Å². The summed E-state index contributed by atoms with van der Waals surface area (Å²) in [6.07, 6.45) is 3.54. The molecule has 17 heavy (non-hydrogen) atoms. The fraction of sp³-hybridized carbons (Fsp3) is 0.917. The maximum absolute atomic E-state index is 11.6. The Morgan fingerprint density at radius 1 is 1.47 bits per heavy atom. The zero-order chi connectivity index (χ0) is 11.4. The number of likely N-dealkylation sites (tertiary alicyclic amines) is 1. The van der Waals surface area contributed by atoms with E-state index >= 15 is 0 Å². The monoisotopic (exact) mass is 261 g/mol. The normalized spacial score (nSPS) is 28.3. The molecule has 0 aliphatic carbocycles. The van der Waals surface area contributed by atoms with E-state index < -0.39 is 0 Å². The Labute approximate surface area is 110 Å². The molecule has 0 aromatic heterocycles. The second-order valence-corrected chi connectivity index (χ2v) is 5.24. The predicted molar refractivity (Wildman–Crippen MR) is 71.5 cm³/mol. The Kier molecular flexibility index (Phi) is 5.70. The second kappa shape index (κ2) is 6.57. The first-order valence-electron chi connectivity index (χ1n) is 6.44. The fourth-order valence-corrected chi connectivity index (χ4v) is 2.83. The van der Waals surface area contributed by atoms with Gasteiger partial charge in [0, 0.05) is 19.6 Å². The first kappa shape index (κ1) is 14.7. The van der Waals surface area contributed by atoms with Crippen LogP contribution < -0.4 is 10.6 Å². The molecule has 2 fully saturated rings. The SMILES string of the molecule is CCCNC(=O)CN1CCC2(CCNC2)C1.Cl. The van der Waals surface area contributed by atoms with Crippen LogP contribution in [0.15, 0.2) is 0 Å². The number of nitrogens with zero attached hydrogens (tertiary/aromatic N) is 1. The Hall–Kier alpha value is -0.320. The Bertz CT molecular complexity index is 254. The van der Waals surface area contributed by atoms with E-state index in [0.29, 0.717) is 12.0 Å². The third-order valence-electron chi connectivity index (χ3n) is 3.79. The molecule has 0 aromatic carbocycles. The van der Waals surface area contributed by atoms with Gasteiger partial charge in [0.1, 0.15) is 0 Å². The van der Waals surface area contributed by atoms with Crippen LogP contribution in [0.25, 0.3) is 0 Å². The van der Waals surface area contributed by atoms with E-state index in [2.05, 4.69) is 22.5 Å². The van der Waals surface area contributed by atoms with Gasteiger partial charge in [-0.3, -0.25) is 9.69 Å². The minimum absolute atomic E-state index is 0. The highest BCUT2D eigenvalue weighted by Crippen LogP contribution is 2.35. The summed E-state index contributed by atoms with van der Waals surface area (Å²) in [5.41, 5.74) is 0.477. The zero-order valence-corrected chi connectivity index (χ0v) is 11.4. The lowest BCUT2D eigenvalue weighted by atomic mass is 9.87. The largest absolute Gasteiger partial charge is 0.355 e. The van der Waals surface area contributed by atoms with Crippen molar-refractivity contribution in [2.75, 3.05) is 39.3 Å². The molecule has 1 spiro atoms. The second-order valence-electron chi connectivity index (χ2n) is 5.24. The molecule has 2 heterocycles. The summed E-state index contributed by atoms with van der Waals surface area (Å²) in [6, 6.07) is 0. The van der Waals surface area contributed by atoms with Crippen molar-refractivity contribution in [2.24, 2.45) is 5.41 Å².